The minimum Gasteiger partial charge on any atom is -0.497 e. The van der Waals surface area contributed by atoms with Gasteiger partial charge in [0, 0.05) is 30.4 Å². The Kier molecular flexibility index (Phi) is 6.13. The van der Waals surface area contributed by atoms with E-state index >= 15 is 0 Å². The fraction of sp³-hybridized carbons (Fsp3) is 0.208. The zero-order valence-corrected chi connectivity index (χ0v) is 18.5. The van der Waals surface area contributed by atoms with Crippen LogP contribution in [0.15, 0.2) is 66.3 Å². The molecule has 0 saturated carbocycles. The third kappa shape index (κ3) is 4.51. The molecular formula is C24H24N4O2S. The number of benzene rings is 2. The summed E-state index contributed by atoms with van der Waals surface area (Å²) in [4.78, 5) is 22.1. The van der Waals surface area contributed by atoms with Gasteiger partial charge in [-0.1, -0.05) is 43.3 Å². The standard InChI is InChI=1S/C24H24N4O2S/c1-4-16-5-7-18(8-6-16)24-26-20(15-31-24)23(29)27-21(22-25-13-14-28(22)2)17-9-11-19(30-3)12-10-17/h5-15,21H,4H2,1-3H3,(H,27,29). The van der Waals surface area contributed by atoms with Gasteiger partial charge in [0.1, 0.15) is 28.3 Å². The summed E-state index contributed by atoms with van der Waals surface area (Å²) in [6.45, 7) is 2.13. The van der Waals surface area contributed by atoms with Gasteiger partial charge in [0.2, 0.25) is 0 Å². The van der Waals surface area contributed by atoms with Gasteiger partial charge in [-0.2, -0.15) is 0 Å². The van der Waals surface area contributed by atoms with Crippen LogP contribution in [0.2, 0.25) is 0 Å². The van der Waals surface area contributed by atoms with E-state index in [2.05, 4.69) is 34.3 Å². The summed E-state index contributed by atoms with van der Waals surface area (Å²) >= 11 is 1.46. The van der Waals surface area contributed by atoms with Gasteiger partial charge in [0.15, 0.2) is 0 Å². The largest absolute Gasteiger partial charge is 0.497 e. The number of aromatic nitrogens is 3. The highest BCUT2D eigenvalue weighted by molar-refractivity contribution is 7.13. The quantitative estimate of drug-likeness (QED) is 0.462. The molecule has 4 aromatic rings. The number of carbonyl (C=O) groups excluding carboxylic acids is 1. The Morgan fingerprint density at radius 3 is 2.52 bits per heavy atom. The van der Waals surface area contributed by atoms with E-state index in [1.54, 1.807) is 18.7 Å². The second-order valence-corrected chi connectivity index (χ2v) is 8.02. The van der Waals surface area contributed by atoms with E-state index < -0.39 is 6.04 Å². The average molecular weight is 433 g/mol. The van der Waals surface area contributed by atoms with Gasteiger partial charge in [-0.25, -0.2) is 9.97 Å². The average Bonchev–Trinajstić information content (AvgIpc) is 3.47. The van der Waals surface area contributed by atoms with Crippen LogP contribution in [0.25, 0.3) is 10.6 Å². The minimum absolute atomic E-state index is 0.239. The van der Waals surface area contributed by atoms with Crippen LogP contribution in [0.5, 0.6) is 5.75 Å². The number of aryl methyl sites for hydroxylation is 2. The SMILES string of the molecule is CCc1ccc(-c2nc(C(=O)NC(c3ccc(OC)cc3)c3nccn3C)cs2)cc1. The zero-order chi connectivity index (χ0) is 21.8. The lowest BCUT2D eigenvalue weighted by molar-refractivity contribution is 0.0937. The Labute approximate surface area is 185 Å². The molecule has 0 bridgehead atoms. The lowest BCUT2D eigenvalue weighted by atomic mass is 10.1. The smallest absolute Gasteiger partial charge is 0.271 e. The normalized spacial score (nSPS) is 11.8. The van der Waals surface area contributed by atoms with E-state index in [0.29, 0.717) is 5.69 Å². The molecule has 31 heavy (non-hydrogen) atoms. The molecule has 1 N–H and O–H groups in total. The summed E-state index contributed by atoms with van der Waals surface area (Å²) in [6.07, 6.45) is 4.57. The summed E-state index contributed by atoms with van der Waals surface area (Å²) < 4.78 is 7.16. The van der Waals surface area contributed by atoms with Crippen molar-refractivity contribution in [1.29, 1.82) is 0 Å². The van der Waals surface area contributed by atoms with Gasteiger partial charge in [0.25, 0.3) is 5.91 Å². The van der Waals surface area contributed by atoms with Crippen LogP contribution in [0, 0.1) is 0 Å². The van der Waals surface area contributed by atoms with Crippen LogP contribution < -0.4 is 10.1 Å². The topological polar surface area (TPSA) is 69.0 Å². The molecule has 0 aliphatic heterocycles. The van der Waals surface area contributed by atoms with Gasteiger partial charge < -0.3 is 14.6 Å². The third-order valence-electron chi connectivity index (χ3n) is 5.19. The summed E-state index contributed by atoms with van der Waals surface area (Å²) in [6, 6.07) is 15.5. The molecule has 158 valence electrons. The fourth-order valence-electron chi connectivity index (χ4n) is 3.35. The van der Waals surface area contributed by atoms with Crippen molar-refractivity contribution in [2.75, 3.05) is 7.11 Å². The Morgan fingerprint density at radius 1 is 1.16 bits per heavy atom. The van der Waals surface area contributed by atoms with Gasteiger partial charge in [0.05, 0.1) is 7.11 Å². The van der Waals surface area contributed by atoms with E-state index in [4.69, 9.17) is 4.74 Å². The van der Waals surface area contributed by atoms with Crippen molar-refractivity contribution in [3.63, 3.8) is 0 Å². The molecule has 0 aliphatic carbocycles. The Hall–Kier alpha value is -3.45. The van der Waals surface area contributed by atoms with E-state index in [-0.39, 0.29) is 5.91 Å². The second-order valence-electron chi connectivity index (χ2n) is 7.16. The first kappa shape index (κ1) is 20.8. The van der Waals surface area contributed by atoms with Crippen molar-refractivity contribution in [2.45, 2.75) is 19.4 Å². The van der Waals surface area contributed by atoms with Gasteiger partial charge in [-0.05, 0) is 29.7 Å². The number of thiazole rings is 1. The molecule has 1 amide bonds. The van der Waals surface area contributed by atoms with E-state index in [1.165, 1.54) is 16.9 Å². The number of hydrogen-bond acceptors (Lipinski definition) is 5. The number of nitrogens with one attached hydrogen (secondary N) is 1. The molecule has 7 heteroatoms. The molecule has 1 unspecified atom stereocenters. The molecule has 2 aromatic heterocycles. The van der Waals surface area contributed by atoms with Crippen LogP contribution in [0.3, 0.4) is 0 Å². The number of carbonyl (C=O) groups is 1. The highest BCUT2D eigenvalue weighted by atomic mass is 32.1. The van der Waals surface area contributed by atoms with Crippen molar-refractivity contribution in [3.05, 3.63) is 88.9 Å². The molecule has 0 fully saturated rings. The first-order valence-corrected chi connectivity index (χ1v) is 10.9. The predicted molar refractivity (Wildman–Crippen MR) is 122 cm³/mol. The van der Waals surface area contributed by atoms with Gasteiger partial charge >= 0.3 is 0 Å². The molecular weight excluding hydrogens is 408 g/mol. The van der Waals surface area contributed by atoms with Crippen molar-refractivity contribution < 1.29 is 9.53 Å². The number of nitrogens with zero attached hydrogens (tertiary/aromatic N) is 3. The zero-order valence-electron chi connectivity index (χ0n) is 17.7. The first-order chi connectivity index (χ1) is 15.1. The molecule has 1 atom stereocenters. The first-order valence-electron chi connectivity index (χ1n) is 10.1. The Balaban J connectivity index is 1.59. The number of rotatable bonds is 7. The van der Waals surface area contributed by atoms with Gasteiger partial charge in [-0.15, -0.1) is 11.3 Å². The number of imidazole rings is 1. The van der Waals surface area contributed by atoms with Crippen LogP contribution >= 0.6 is 11.3 Å². The number of ether oxygens (including phenoxy) is 1. The maximum absolute atomic E-state index is 13.1. The molecule has 0 spiro atoms. The molecule has 4 rings (SSSR count). The summed E-state index contributed by atoms with van der Waals surface area (Å²) in [7, 11) is 3.54. The van der Waals surface area contributed by atoms with E-state index in [0.717, 1.165) is 34.1 Å². The second kappa shape index (κ2) is 9.14. The summed E-state index contributed by atoms with van der Waals surface area (Å²) in [5.74, 6) is 1.26. The molecule has 2 aromatic carbocycles. The fourth-order valence-corrected chi connectivity index (χ4v) is 4.15. The number of methoxy groups -OCH3 is 1. The van der Waals surface area contributed by atoms with Crippen LogP contribution in [0.4, 0.5) is 0 Å². The predicted octanol–water partition coefficient (Wildman–Crippen LogP) is 4.63. The summed E-state index contributed by atoms with van der Waals surface area (Å²) in [5, 5.41) is 5.71. The van der Waals surface area contributed by atoms with Crippen LogP contribution in [-0.2, 0) is 13.5 Å². The van der Waals surface area contributed by atoms with Gasteiger partial charge in [-0.3, -0.25) is 4.79 Å². The maximum atomic E-state index is 13.1. The van der Waals surface area contributed by atoms with Crippen LogP contribution in [0.1, 0.15) is 40.4 Å². The van der Waals surface area contributed by atoms with Crippen LogP contribution in [-0.4, -0.2) is 27.6 Å². The van der Waals surface area contributed by atoms with Crippen molar-refractivity contribution in [1.82, 2.24) is 19.9 Å². The van der Waals surface area contributed by atoms with Crippen molar-refractivity contribution in [2.24, 2.45) is 7.05 Å². The molecule has 2 heterocycles. The lowest BCUT2D eigenvalue weighted by Crippen LogP contribution is -2.31. The van der Waals surface area contributed by atoms with E-state index in [1.807, 2.05) is 54.2 Å². The Morgan fingerprint density at radius 2 is 1.90 bits per heavy atom. The highest BCUT2D eigenvalue weighted by Crippen LogP contribution is 2.26. The third-order valence-corrected chi connectivity index (χ3v) is 6.08. The monoisotopic (exact) mass is 432 g/mol. The molecule has 0 aliphatic rings. The molecule has 6 nitrogen and oxygen atoms in total. The molecule has 0 radical (unpaired) electrons. The van der Waals surface area contributed by atoms with E-state index in [9.17, 15) is 4.79 Å². The number of hydrogen-bond donors (Lipinski definition) is 1. The van der Waals surface area contributed by atoms with Crippen molar-refractivity contribution >= 4 is 17.2 Å². The highest BCUT2D eigenvalue weighted by Gasteiger charge is 2.23. The number of amides is 1. The maximum Gasteiger partial charge on any atom is 0.271 e. The van der Waals surface area contributed by atoms with Crippen molar-refractivity contribution in [3.8, 4) is 16.3 Å². The molecule has 0 saturated heterocycles. The minimum atomic E-state index is -0.410. The lowest BCUT2D eigenvalue weighted by Gasteiger charge is -2.19. The Bertz CT molecular complexity index is 1160. The summed E-state index contributed by atoms with van der Waals surface area (Å²) in [5.41, 5.74) is 3.59.